The van der Waals surface area contributed by atoms with Gasteiger partial charge in [0.1, 0.15) is 5.75 Å². The predicted octanol–water partition coefficient (Wildman–Crippen LogP) is 14.0. The van der Waals surface area contributed by atoms with Gasteiger partial charge in [0.2, 0.25) is 36.2 Å². The highest BCUT2D eigenvalue weighted by molar-refractivity contribution is 8.16. The van der Waals surface area contributed by atoms with Crippen LogP contribution >= 0.6 is 96.1 Å². The minimum Gasteiger partial charge on any atom is -0.497 e. The van der Waals surface area contributed by atoms with Gasteiger partial charge in [0, 0.05) is 108 Å². The average Bonchev–Trinajstić information content (AvgIpc) is 0.860. The molecule has 7 aromatic carbocycles. The van der Waals surface area contributed by atoms with E-state index >= 15 is 0 Å². The number of nitrogens with zero attached hydrogens (tertiary/aromatic N) is 1. The summed E-state index contributed by atoms with van der Waals surface area (Å²) in [6, 6.07) is 46.4. The molecular weight excluding hydrogens is 1620 g/mol. The van der Waals surface area contributed by atoms with E-state index in [0.29, 0.717) is 23.3 Å². The van der Waals surface area contributed by atoms with Crippen molar-refractivity contribution in [3.63, 3.8) is 0 Å². The summed E-state index contributed by atoms with van der Waals surface area (Å²) >= 11 is 0. The molecule has 0 atom stereocenters. The van der Waals surface area contributed by atoms with Gasteiger partial charge in [-0.3, -0.25) is 10.1 Å². The summed E-state index contributed by atoms with van der Waals surface area (Å²) in [4.78, 5) is 9.83. The Bertz CT molecular complexity index is 4550. The largest absolute Gasteiger partial charge is 0.511 e. The molecule has 0 aliphatic carbocycles. The monoisotopic (exact) mass is 1660 g/mol. The zero-order chi connectivity index (χ0) is 72.7. The van der Waals surface area contributed by atoms with Crippen LogP contribution in [0.2, 0.25) is 0 Å². The fourth-order valence-corrected chi connectivity index (χ4v) is 11.4. The highest BCUT2D eigenvalue weighted by atomic mass is 35.7. The maximum Gasteiger partial charge on any atom is 0.511 e. The van der Waals surface area contributed by atoms with Crippen LogP contribution in [0.25, 0.3) is 10.8 Å². The zero-order valence-corrected chi connectivity index (χ0v) is 61.7. The van der Waals surface area contributed by atoms with Crippen LogP contribution in [0.15, 0.2) is 196 Å². The van der Waals surface area contributed by atoms with Crippen molar-refractivity contribution < 1.29 is 98.6 Å². The smallest absolute Gasteiger partial charge is 0.497 e. The van der Waals surface area contributed by atoms with Crippen molar-refractivity contribution in [2.75, 3.05) is 19.1 Å². The molecule has 22 nitrogen and oxygen atoms in total. The van der Waals surface area contributed by atoms with E-state index < -0.39 is 91.9 Å². The second-order valence-corrected chi connectivity index (χ2v) is 41.3. The number of fused-ring (bicyclic) bond motifs is 1. The number of benzene rings is 7. The number of ether oxygens (including phenoxy) is 1. The second kappa shape index (κ2) is 41.3. The predicted molar refractivity (Wildman–Crippen MR) is 359 cm³/mol. The van der Waals surface area contributed by atoms with Crippen LogP contribution in [-0.2, 0) is 93.0 Å². The Morgan fingerprint density at radius 2 is 0.763 bits per heavy atom. The Hall–Kier alpha value is -4.05. The van der Waals surface area contributed by atoms with Crippen LogP contribution in [0.1, 0.15) is 36.5 Å². The van der Waals surface area contributed by atoms with Gasteiger partial charge < -0.3 is 4.74 Å². The standard InChI is InChI=1S/C10H7ClO2S.C8H9ClO3S.2C7H7ClO2S.C6H4ClNO4S.C6H5ClO2S.C4H9ClO2S.CClF3O2S.CH3ClO2S/c11-14(12,13)10-6-5-8-3-1-2-4-9(8)7-10;1-12-8-4-2-7(3-5-8)6-13(9,10)11;1-6-2-4-7(5-3-6)11(8,9)10;8-11(9,10)6-7-4-2-1-3-5-7;7-13(11,12)6-3-1-5(2-4-6)8(9)10;7-10(8,9)6-4-2-1-3-5-6;1-2-3-4-8(5,6)7;2-8(6,7)1(3,4)5;1-5(2,3)4/h1-7H;2-5H,6H2,1H3;2-5H,1H3;1-5H,6H2;1-4H;1-5H;2-4H2,1H3;;1H3. The summed E-state index contributed by atoms with van der Waals surface area (Å²) in [7, 11) is 12.1. The van der Waals surface area contributed by atoms with Crippen molar-refractivity contribution in [3.05, 3.63) is 203 Å². The van der Waals surface area contributed by atoms with Crippen LogP contribution in [-0.4, -0.2) is 105 Å². The Labute approximate surface area is 577 Å². The van der Waals surface area contributed by atoms with Gasteiger partial charge in [0.25, 0.3) is 41.9 Å². The van der Waals surface area contributed by atoms with Crippen molar-refractivity contribution in [3.8, 4) is 5.75 Å². The Morgan fingerprint density at radius 1 is 0.441 bits per heavy atom. The molecule has 0 N–H and O–H groups in total. The molecule has 0 radical (unpaired) electrons. The van der Waals surface area contributed by atoms with Gasteiger partial charge in [-0.15, -0.1) is 0 Å². The third kappa shape index (κ3) is 48.3. The molecule has 0 saturated heterocycles. The Balaban J connectivity index is 0. The third-order valence-electron chi connectivity index (χ3n) is 9.36. The summed E-state index contributed by atoms with van der Waals surface area (Å²) in [5.74, 6) is 0.537. The molecule has 0 aromatic heterocycles. The summed E-state index contributed by atoms with van der Waals surface area (Å²) in [5, 5.41) is 12.1. The van der Waals surface area contributed by atoms with Gasteiger partial charge in [0.05, 0.1) is 55.1 Å². The van der Waals surface area contributed by atoms with E-state index in [1.165, 1.54) is 30.3 Å². The van der Waals surface area contributed by atoms with Crippen LogP contribution < -0.4 is 4.74 Å². The Kier molecular flexibility index (Phi) is 40.4. The van der Waals surface area contributed by atoms with Gasteiger partial charge >= 0.3 is 14.6 Å². The van der Waals surface area contributed by atoms with E-state index in [1.807, 2.05) is 44.2 Å². The fraction of sp³-hybridized carbons (Fsp3) is 0.200. The summed E-state index contributed by atoms with van der Waals surface area (Å²) in [6.45, 7) is 3.80. The molecule has 0 spiro atoms. The molecule has 7 rings (SSSR count). The molecule has 7 aromatic rings. The van der Waals surface area contributed by atoms with E-state index in [-0.39, 0.29) is 42.5 Å². The summed E-state index contributed by atoms with van der Waals surface area (Å²) < 4.78 is 224. The number of aryl methyl sites for hydroxylation is 1. The first-order chi connectivity index (χ1) is 42.0. The molecule has 0 aliphatic heterocycles. The highest BCUT2D eigenvalue weighted by Gasteiger charge is 2.44. The Morgan fingerprint density at radius 3 is 1.06 bits per heavy atom. The second-order valence-electron chi connectivity index (χ2n) is 17.0. The van der Waals surface area contributed by atoms with Crippen LogP contribution in [0, 0.1) is 17.0 Å². The summed E-state index contributed by atoms with van der Waals surface area (Å²) in [6.07, 6.45) is 2.45. The van der Waals surface area contributed by atoms with Crippen LogP contribution in [0.5, 0.6) is 5.75 Å². The van der Waals surface area contributed by atoms with Gasteiger partial charge in [-0.05, 0) is 95.9 Å². The molecule has 0 saturated carbocycles. The topological polar surface area (TPSA) is 360 Å². The SMILES string of the molecule is CCCCS(=O)(=O)Cl.COc1ccc(CS(=O)(=O)Cl)cc1.CS(=O)(=O)Cl.Cc1ccc(S(=O)(=O)Cl)cc1.O=S(=O)(Cl)C(F)(F)F.O=S(=O)(Cl)Cc1ccccc1.O=S(=O)(Cl)c1ccc2ccccc2c1.O=S(=O)(Cl)c1ccccc1.O=[N+]([O-])c1ccc(S(=O)(=O)Cl)cc1. The first-order valence-electron chi connectivity index (χ1n) is 24.0. The molecular formula is C50H51Cl9F3NO21S9. The molecule has 0 bridgehead atoms. The first-order valence-corrected chi connectivity index (χ1v) is 45.7. The average molecular weight is 1670 g/mol. The van der Waals surface area contributed by atoms with Crippen molar-refractivity contribution in [2.45, 2.75) is 63.3 Å². The van der Waals surface area contributed by atoms with Crippen molar-refractivity contribution in [1.29, 1.82) is 0 Å². The maximum absolute atomic E-state index is 11.0. The van der Waals surface area contributed by atoms with Crippen LogP contribution in [0.3, 0.4) is 0 Å². The van der Waals surface area contributed by atoms with Crippen molar-refractivity contribution >= 4 is 194 Å². The number of non-ortho nitro benzene ring substituents is 1. The molecule has 0 heterocycles. The number of alkyl halides is 3. The zero-order valence-electron chi connectivity index (χ0n) is 47.5. The molecule has 520 valence electrons. The normalized spacial score (nSPS) is 11.7. The van der Waals surface area contributed by atoms with E-state index in [4.69, 9.17) is 79.5 Å². The number of nitro benzene ring substituents is 1. The first kappa shape index (κ1) is 91.0. The lowest BCUT2D eigenvalue weighted by molar-refractivity contribution is -0.384. The third-order valence-corrected chi connectivity index (χ3v) is 19.1. The van der Waals surface area contributed by atoms with E-state index in [9.17, 15) is 99.0 Å². The van der Waals surface area contributed by atoms with Gasteiger partial charge in [-0.2, -0.15) is 13.2 Å². The highest BCUT2D eigenvalue weighted by Crippen LogP contribution is 2.26. The minimum absolute atomic E-state index is 0.102. The molecule has 0 fully saturated rings. The number of rotatable bonds is 13. The quantitative estimate of drug-likeness (QED) is 0.0588. The molecule has 43 heteroatoms. The number of halogens is 12. The van der Waals surface area contributed by atoms with Gasteiger partial charge in [-0.25, -0.2) is 75.8 Å². The number of nitro groups is 1. The fourth-order valence-electron chi connectivity index (χ4n) is 5.34. The van der Waals surface area contributed by atoms with Gasteiger partial charge in [0.15, 0.2) is 0 Å². The van der Waals surface area contributed by atoms with E-state index in [0.717, 1.165) is 53.3 Å². The molecule has 93 heavy (non-hydrogen) atoms. The van der Waals surface area contributed by atoms with E-state index in [1.54, 1.807) is 98.1 Å². The van der Waals surface area contributed by atoms with E-state index in [2.05, 4.69) is 21.4 Å². The maximum atomic E-state index is 11.0. The lowest BCUT2D eigenvalue weighted by Gasteiger charge is -2.00. The molecule has 0 unspecified atom stereocenters. The summed E-state index contributed by atoms with van der Waals surface area (Å²) in [5.41, 5.74) is -3.13. The lowest BCUT2D eigenvalue weighted by Crippen LogP contribution is -2.16. The number of methoxy groups -OCH3 is 1. The number of unbranched alkanes of at least 4 members (excludes halogenated alkanes) is 1. The number of hydrogen-bond acceptors (Lipinski definition) is 21. The van der Waals surface area contributed by atoms with Crippen molar-refractivity contribution in [2.24, 2.45) is 0 Å². The van der Waals surface area contributed by atoms with Gasteiger partial charge in [-0.1, -0.05) is 122 Å². The molecule has 0 aliphatic rings. The number of hydrogen-bond donors (Lipinski definition) is 0. The molecule has 0 amide bonds. The minimum atomic E-state index is -5.37. The van der Waals surface area contributed by atoms with Crippen molar-refractivity contribution in [1.82, 2.24) is 0 Å². The lowest BCUT2D eigenvalue weighted by atomic mass is 10.1. The van der Waals surface area contributed by atoms with Crippen LogP contribution in [0.4, 0.5) is 18.9 Å².